The van der Waals surface area contributed by atoms with Crippen LogP contribution < -0.4 is 15.4 Å². The van der Waals surface area contributed by atoms with Gasteiger partial charge < -0.3 is 10.6 Å². The highest BCUT2D eigenvalue weighted by Crippen LogP contribution is 2.22. The molecule has 0 saturated carbocycles. The molecule has 0 unspecified atom stereocenters. The quantitative estimate of drug-likeness (QED) is 0.600. The van der Waals surface area contributed by atoms with Gasteiger partial charge in [0.15, 0.2) is 0 Å². The van der Waals surface area contributed by atoms with E-state index in [9.17, 15) is 22.4 Å². The summed E-state index contributed by atoms with van der Waals surface area (Å²) >= 11 is 5.97. The number of benzene rings is 2. The third kappa shape index (κ3) is 6.01. The first-order valence-corrected chi connectivity index (χ1v) is 10.1. The number of carbonyl (C=O) groups excluding carboxylic acids is 2. The average Bonchev–Trinajstić information content (AvgIpc) is 2.64. The predicted molar refractivity (Wildman–Crippen MR) is 104 cm³/mol. The van der Waals surface area contributed by atoms with Crippen molar-refractivity contribution in [1.29, 1.82) is 0 Å². The van der Waals surface area contributed by atoms with Crippen molar-refractivity contribution in [3.63, 3.8) is 0 Å². The molecule has 7 nitrogen and oxygen atoms in total. The van der Waals surface area contributed by atoms with Crippen LogP contribution in [0.4, 0.5) is 10.1 Å². The van der Waals surface area contributed by atoms with E-state index in [-0.39, 0.29) is 19.5 Å². The molecular weight excluding hydrogens is 409 g/mol. The molecule has 2 aromatic carbocycles. The van der Waals surface area contributed by atoms with Crippen LogP contribution in [-0.2, 0) is 19.6 Å². The Labute approximate surface area is 167 Å². The number of anilines is 1. The van der Waals surface area contributed by atoms with Crippen molar-refractivity contribution in [3.05, 3.63) is 58.9 Å². The Bertz CT molecular complexity index is 983. The summed E-state index contributed by atoms with van der Waals surface area (Å²) in [7, 11) is -4.06. The summed E-state index contributed by atoms with van der Waals surface area (Å²) in [5.41, 5.74) is 1.23. The van der Waals surface area contributed by atoms with E-state index in [1.54, 1.807) is 25.1 Å². The van der Waals surface area contributed by atoms with E-state index in [2.05, 4.69) is 15.4 Å². The van der Waals surface area contributed by atoms with E-state index in [0.29, 0.717) is 16.3 Å². The first-order chi connectivity index (χ1) is 13.2. The summed E-state index contributed by atoms with van der Waals surface area (Å²) in [4.78, 5) is 23.2. The SMILES string of the molecule is Cc1c(Cl)cccc1NC(=O)CNC(=O)CCNS(=O)(=O)c1ccccc1F. The van der Waals surface area contributed by atoms with Crippen molar-refractivity contribution in [2.24, 2.45) is 0 Å². The summed E-state index contributed by atoms with van der Waals surface area (Å²) in [6.07, 6.45) is -0.211. The van der Waals surface area contributed by atoms with Gasteiger partial charge in [0.05, 0.1) is 6.54 Å². The van der Waals surface area contributed by atoms with Crippen LogP contribution in [0.5, 0.6) is 0 Å². The number of amides is 2. The van der Waals surface area contributed by atoms with Gasteiger partial charge >= 0.3 is 0 Å². The third-order valence-corrected chi connectivity index (χ3v) is 5.66. The van der Waals surface area contributed by atoms with Crippen LogP contribution in [0.25, 0.3) is 0 Å². The van der Waals surface area contributed by atoms with E-state index in [1.807, 2.05) is 0 Å². The van der Waals surface area contributed by atoms with Gasteiger partial charge in [-0.3, -0.25) is 9.59 Å². The molecule has 28 heavy (non-hydrogen) atoms. The molecule has 0 radical (unpaired) electrons. The van der Waals surface area contributed by atoms with E-state index in [1.165, 1.54) is 12.1 Å². The van der Waals surface area contributed by atoms with Crippen LogP contribution in [0.15, 0.2) is 47.4 Å². The molecule has 2 rings (SSSR count). The molecule has 150 valence electrons. The standard InChI is InChI=1S/C18H19ClFN3O4S/c1-12-13(19)5-4-7-15(12)23-18(25)11-21-17(24)9-10-22-28(26,27)16-8-3-2-6-14(16)20/h2-8,22H,9-11H2,1H3,(H,21,24)(H,23,25). The zero-order chi connectivity index (χ0) is 20.7. The Hall–Kier alpha value is -2.49. The lowest BCUT2D eigenvalue weighted by molar-refractivity contribution is -0.124. The maximum absolute atomic E-state index is 13.6. The molecule has 0 bridgehead atoms. The normalized spacial score (nSPS) is 11.1. The molecule has 0 aliphatic heterocycles. The number of nitrogens with one attached hydrogen (secondary N) is 3. The second-order valence-electron chi connectivity index (χ2n) is 5.82. The van der Waals surface area contributed by atoms with Gasteiger partial charge in [-0.05, 0) is 36.8 Å². The summed E-state index contributed by atoms with van der Waals surface area (Å²) in [5, 5.41) is 5.51. The Kier molecular flexibility index (Phi) is 7.50. The van der Waals surface area contributed by atoms with Gasteiger partial charge in [0.2, 0.25) is 21.8 Å². The van der Waals surface area contributed by atoms with Crippen molar-refractivity contribution in [1.82, 2.24) is 10.0 Å². The maximum Gasteiger partial charge on any atom is 0.243 e. The minimum atomic E-state index is -4.06. The minimum Gasteiger partial charge on any atom is -0.347 e. The van der Waals surface area contributed by atoms with Crippen molar-refractivity contribution in [3.8, 4) is 0 Å². The number of carbonyl (C=O) groups is 2. The highest BCUT2D eigenvalue weighted by atomic mass is 35.5. The van der Waals surface area contributed by atoms with Crippen LogP contribution in [0.3, 0.4) is 0 Å². The van der Waals surface area contributed by atoms with Crippen LogP contribution in [-0.4, -0.2) is 33.3 Å². The second-order valence-corrected chi connectivity index (χ2v) is 7.96. The molecule has 0 saturated heterocycles. The van der Waals surface area contributed by atoms with Gasteiger partial charge in [-0.1, -0.05) is 29.8 Å². The summed E-state index contributed by atoms with van der Waals surface area (Å²) < 4.78 is 39.7. The van der Waals surface area contributed by atoms with Gasteiger partial charge in [0, 0.05) is 23.7 Å². The van der Waals surface area contributed by atoms with E-state index >= 15 is 0 Å². The Balaban J connectivity index is 1.78. The Morgan fingerprint density at radius 2 is 1.79 bits per heavy atom. The molecule has 0 atom stereocenters. The Morgan fingerprint density at radius 3 is 2.50 bits per heavy atom. The molecule has 0 aliphatic rings. The third-order valence-electron chi connectivity index (χ3n) is 3.76. The van der Waals surface area contributed by atoms with Crippen LogP contribution in [0.2, 0.25) is 5.02 Å². The zero-order valence-corrected chi connectivity index (χ0v) is 16.5. The molecule has 2 aromatic rings. The van der Waals surface area contributed by atoms with E-state index < -0.39 is 32.6 Å². The van der Waals surface area contributed by atoms with Crippen LogP contribution in [0.1, 0.15) is 12.0 Å². The monoisotopic (exact) mass is 427 g/mol. The van der Waals surface area contributed by atoms with Crippen molar-refractivity contribution in [2.45, 2.75) is 18.2 Å². The van der Waals surface area contributed by atoms with Gasteiger partial charge in [-0.25, -0.2) is 17.5 Å². The molecule has 0 spiro atoms. The average molecular weight is 428 g/mol. The predicted octanol–water partition coefficient (Wildman–Crippen LogP) is 2.21. The van der Waals surface area contributed by atoms with E-state index in [4.69, 9.17) is 11.6 Å². The fraction of sp³-hybridized carbons (Fsp3) is 0.222. The fourth-order valence-electron chi connectivity index (χ4n) is 2.24. The molecule has 0 fully saturated rings. The lowest BCUT2D eigenvalue weighted by Gasteiger charge is -2.10. The van der Waals surface area contributed by atoms with Crippen molar-refractivity contribution in [2.75, 3.05) is 18.4 Å². The van der Waals surface area contributed by atoms with Crippen molar-refractivity contribution >= 4 is 39.1 Å². The minimum absolute atomic E-state index is 0.211. The number of hydrogen-bond acceptors (Lipinski definition) is 4. The first kappa shape index (κ1) is 21.8. The lowest BCUT2D eigenvalue weighted by Crippen LogP contribution is -2.35. The summed E-state index contributed by atoms with van der Waals surface area (Å²) in [5.74, 6) is -1.87. The maximum atomic E-state index is 13.6. The van der Waals surface area contributed by atoms with Gasteiger partial charge in [-0.15, -0.1) is 0 Å². The summed E-state index contributed by atoms with van der Waals surface area (Å²) in [6, 6.07) is 9.98. The summed E-state index contributed by atoms with van der Waals surface area (Å²) in [6.45, 7) is 1.22. The molecule has 0 heterocycles. The number of sulfonamides is 1. The largest absolute Gasteiger partial charge is 0.347 e. The molecule has 3 N–H and O–H groups in total. The molecule has 2 amide bonds. The second kappa shape index (κ2) is 9.63. The number of rotatable bonds is 8. The molecule has 10 heteroatoms. The van der Waals surface area contributed by atoms with Crippen LogP contribution >= 0.6 is 11.6 Å². The highest BCUT2D eigenvalue weighted by Gasteiger charge is 2.18. The highest BCUT2D eigenvalue weighted by molar-refractivity contribution is 7.89. The fourth-order valence-corrected chi connectivity index (χ4v) is 3.53. The lowest BCUT2D eigenvalue weighted by atomic mass is 10.2. The topological polar surface area (TPSA) is 104 Å². The molecular formula is C18H19ClFN3O4S. The van der Waals surface area contributed by atoms with Crippen molar-refractivity contribution < 1.29 is 22.4 Å². The first-order valence-electron chi connectivity index (χ1n) is 8.26. The number of halogens is 2. The number of hydrogen-bond donors (Lipinski definition) is 3. The molecule has 0 aliphatic carbocycles. The molecule has 0 aromatic heterocycles. The zero-order valence-electron chi connectivity index (χ0n) is 15.0. The van der Waals surface area contributed by atoms with Gasteiger partial charge in [-0.2, -0.15) is 0 Å². The Morgan fingerprint density at radius 1 is 1.07 bits per heavy atom. The van der Waals surface area contributed by atoms with Gasteiger partial charge in [0.1, 0.15) is 10.7 Å². The van der Waals surface area contributed by atoms with Crippen LogP contribution in [0, 0.1) is 12.7 Å². The van der Waals surface area contributed by atoms with E-state index in [0.717, 1.165) is 12.1 Å². The van der Waals surface area contributed by atoms with Gasteiger partial charge in [0.25, 0.3) is 0 Å². The smallest absolute Gasteiger partial charge is 0.243 e.